The zero-order valence-corrected chi connectivity index (χ0v) is 7.26. The zero-order chi connectivity index (χ0) is 6.85. The van der Waals surface area contributed by atoms with Crippen LogP contribution in [-0.2, 0) is 0 Å². The number of aromatic nitrogens is 3. The number of halogens is 2. The predicted molar refractivity (Wildman–Crippen MR) is 36.4 cm³/mol. The largest absolute Gasteiger partial charge is 0.593 e. The first-order valence-corrected chi connectivity index (χ1v) is 3.56. The van der Waals surface area contributed by atoms with E-state index in [-0.39, 0.29) is 4.73 Å². The minimum atomic E-state index is 0.278. The third-order valence-corrected chi connectivity index (χ3v) is 1.51. The molecule has 0 fully saturated rings. The molecule has 0 bridgehead atoms. The topological polar surface area (TPSA) is 52.7 Å². The fraction of sp³-hybridized carbons (Fsp3) is 0. The second-order valence-electron chi connectivity index (χ2n) is 1.22. The van der Waals surface area contributed by atoms with Gasteiger partial charge in [0.25, 0.3) is 4.73 Å². The summed E-state index contributed by atoms with van der Waals surface area (Å²) in [6.45, 7) is 0. The Morgan fingerprint density at radius 2 is 2.22 bits per heavy atom. The number of hydrogen-bond donors (Lipinski definition) is 0. The molecule has 1 aromatic heterocycles. The van der Waals surface area contributed by atoms with Gasteiger partial charge in [0, 0.05) is 37.0 Å². The molecule has 0 aliphatic rings. The molecular weight excluding hydrogens is 254 g/mol. The summed E-state index contributed by atoms with van der Waals surface area (Å²) in [4.78, 5) is 4.11. The Hall–Kier alpha value is -0.230. The van der Waals surface area contributed by atoms with E-state index in [1.165, 1.54) is 6.20 Å². The quantitative estimate of drug-likeness (QED) is 0.504. The normalized spacial score (nSPS) is 9.56. The average Bonchev–Trinajstić information content (AvgIpc) is 1.80. The minimum Gasteiger partial charge on any atom is -0.593 e. The summed E-state index contributed by atoms with van der Waals surface area (Å²) in [6.07, 6.45) is 1.37. The highest BCUT2D eigenvalue weighted by Crippen LogP contribution is 2.01. The van der Waals surface area contributed by atoms with Crippen molar-refractivity contribution < 1.29 is 4.85 Å². The number of hydrogen-bond acceptors (Lipinski definition) is 3. The molecule has 1 rings (SSSR count). The van der Waals surface area contributed by atoms with E-state index >= 15 is 0 Å². The molecule has 0 spiro atoms. The van der Waals surface area contributed by atoms with Gasteiger partial charge in [-0.3, -0.25) is 0 Å². The summed E-state index contributed by atoms with van der Waals surface area (Å²) >= 11 is 5.87. The molecule has 0 aliphatic carbocycles. The van der Waals surface area contributed by atoms with Crippen molar-refractivity contribution in [2.24, 2.45) is 0 Å². The molecule has 6 heteroatoms. The lowest BCUT2D eigenvalue weighted by Crippen LogP contribution is -2.33. The van der Waals surface area contributed by atoms with Crippen LogP contribution in [0.3, 0.4) is 0 Å². The molecule has 0 radical (unpaired) electrons. The Labute approximate surface area is 67.8 Å². The third-order valence-electron chi connectivity index (χ3n) is 0.634. The van der Waals surface area contributed by atoms with Crippen LogP contribution >= 0.6 is 31.9 Å². The summed E-state index contributed by atoms with van der Waals surface area (Å²) < 4.78 is 0.575. The van der Waals surface area contributed by atoms with Gasteiger partial charge in [-0.15, -0.1) is 0 Å². The fourth-order valence-corrected chi connectivity index (χ4v) is 0.733. The minimum absolute atomic E-state index is 0.278. The van der Waals surface area contributed by atoms with E-state index in [9.17, 15) is 5.21 Å². The van der Waals surface area contributed by atoms with Crippen LogP contribution in [0.2, 0.25) is 0 Å². The Bertz CT molecular complexity index is 228. The van der Waals surface area contributed by atoms with Crippen molar-refractivity contribution >= 4 is 31.9 Å². The van der Waals surface area contributed by atoms with Crippen LogP contribution in [0.25, 0.3) is 0 Å². The molecule has 0 unspecified atom stereocenters. The second kappa shape index (κ2) is 2.57. The smallest absolute Gasteiger partial charge is 0.304 e. The first-order valence-electron chi connectivity index (χ1n) is 1.98. The maximum atomic E-state index is 10.5. The van der Waals surface area contributed by atoms with E-state index in [2.05, 4.69) is 41.9 Å². The monoisotopic (exact) mass is 253 g/mol. The van der Waals surface area contributed by atoms with Gasteiger partial charge >= 0.3 is 4.60 Å². The molecule has 0 saturated carbocycles. The molecule has 0 saturated heterocycles. The Balaban J connectivity index is 3.17. The van der Waals surface area contributed by atoms with Crippen molar-refractivity contribution in [2.75, 3.05) is 0 Å². The molecule has 0 amide bonds. The van der Waals surface area contributed by atoms with Crippen LogP contribution in [0, 0.1) is 5.21 Å². The molecule has 48 valence electrons. The number of rotatable bonds is 0. The van der Waals surface area contributed by atoms with Crippen LogP contribution in [-0.4, -0.2) is 10.1 Å². The maximum Gasteiger partial charge on any atom is 0.304 e. The standard InChI is InChI=1S/C3HBr2N3O/c4-2-1-6-3(5)7-8(2)9/h1H. The first-order chi connectivity index (χ1) is 4.20. The maximum absolute atomic E-state index is 10.5. The van der Waals surface area contributed by atoms with Crippen LogP contribution in [0.5, 0.6) is 0 Å². The molecular formula is C3HBr2N3O. The fourth-order valence-electron chi connectivity index (χ4n) is 0.304. The van der Waals surface area contributed by atoms with Gasteiger partial charge in [-0.25, -0.2) is 4.98 Å². The Morgan fingerprint density at radius 3 is 2.67 bits per heavy atom. The van der Waals surface area contributed by atoms with Crippen molar-refractivity contribution in [1.29, 1.82) is 0 Å². The Kier molecular flexibility index (Phi) is 1.97. The van der Waals surface area contributed by atoms with Crippen LogP contribution in [0.4, 0.5) is 0 Å². The van der Waals surface area contributed by atoms with Gasteiger partial charge < -0.3 is 5.21 Å². The van der Waals surface area contributed by atoms with E-state index in [0.717, 1.165) is 0 Å². The van der Waals surface area contributed by atoms with Gasteiger partial charge in [0.15, 0.2) is 0 Å². The molecule has 0 N–H and O–H groups in total. The van der Waals surface area contributed by atoms with Gasteiger partial charge in [0.1, 0.15) is 6.20 Å². The molecule has 4 nitrogen and oxygen atoms in total. The third kappa shape index (κ3) is 1.59. The first kappa shape index (κ1) is 6.88. The van der Waals surface area contributed by atoms with Crippen molar-refractivity contribution in [3.63, 3.8) is 0 Å². The summed E-state index contributed by atoms with van der Waals surface area (Å²) in [5.41, 5.74) is 0. The van der Waals surface area contributed by atoms with Gasteiger partial charge in [0.2, 0.25) is 0 Å². The molecule has 0 atom stereocenters. The van der Waals surface area contributed by atoms with Gasteiger partial charge in [-0.05, 0) is 4.85 Å². The summed E-state index contributed by atoms with van der Waals surface area (Å²) in [5.74, 6) is 0. The molecule has 0 aromatic carbocycles. The van der Waals surface area contributed by atoms with Crippen molar-refractivity contribution in [1.82, 2.24) is 10.1 Å². The molecule has 1 aromatic rings. The summed E-state index contributed by atoms with van der Waals surface area (Å²) in [6, 6.07) is 0. The van der Waals surface area contributed by atoms with Crippen LogP contribution in [0.15, 0.2) is 15.5 Å². The lowest BCUT2D eigenvalue weighted by atomic mass is 10.9. The van der Waals surface area contributed by atoms with E-state index in [0.29, 0.717) is 9.45 Å². The zero-order valence-electron chi connectivity index (χ0n) is 4.08. The van der Waals surface area contributed by atoms with Crippen molar-refractivity contribution in [3.05, 3.63) is 20.7 Å². The van der Waals surface area contributed by atoms with Crippen LogP contribution < -0.4 is 4.85 Å². The molecule has 9 heavy (non-hydrogen) atoms. The molecule has 0 aliphatic heterocycles. The predicted octanol–water partition coefficient (Wildman–Crippen LogP) is 0.635. The van der Waals surface area contributed by atoms with E-state index in [1.54, 1.807) is 0 Å². The second-order valence-corrected chi connectivity index (χ2v) is 2.74. The van der Waals surface area contributed by atoms with E-state index in [1.807, 2.05) is 0 Å². The van der Waals surface area contributed by atoms with Gasteiger partial charge in [-0.1, -0.05) is 0 Å². The SMILES string of the molecule is [O-][n+]1nc(Br)ncc1Br. The lowest BCUT2D eigenvalue weighted by Gasteiger charge is -1.91. The highest BCUT2D eigenvalue weighted by atomic mass is 79.9. The lowest BCUT2D eigenvalue weighted by molar-refractivity contribution is -0.682. The van der Waals surface area contributed by atoms with E-state index < -0.39 is 0 Å². The average molecular weight is 255 g/mol. The van der Waals surface area contributed by atoms with E-state index in [4.69, 9.17) is 0 Å². The van der Waals surface area contributed by atoms with Crippen molar-refractivity contribution in [3.8, 4) is 0 Å². The highest BCUT2D eigenvalue weighted by molar-refractivity contribution is 9.10. The van der Waals surface area contributed by atoms with Crippen molar-refractivity contribution in [2.45, 2.75) is 0 Å². The van der Waals surface area contributed by atoms with Gasteiger partial charge in [-0.2, -0.15) is 0 Å². The highest BCUT2D eigenvalue weighted by Gasteiger charge is 2.01. The van der Waals surface area contributed by atoms with Gasteiger partial charge in [0.05, 0.1) is 0 Å². The Morgan fingerprint density at radius 1 is 1.56 bits per heavy atom. The summed E-state index contributed by atoms with van der Waals surface area (Å²) in [5, 5.41) is 13.9. The summed E-state index contributed by atoms with van der Waals surface area (Å²) in [7, 11) is 0. The molecule has 1 heterocycles. The number of nitrogens with zero attached hydrogens (tertiary/aromatic N) is 3. The van der Waals surface area contributed by atoms with Crippen LogP contribution in [0.1, 0.15) is 0 Å².